The number of carbonyl (C=O) groups excluding carboxylic acids is 1. The van der Waals surface area contributed by atoms with Crippen LogP contribution in [0.3, 0.4) is 0 Å². The van der Waals surface area contributed by atoms with Crippen LogP contribution < -0.4 is 0 Å². The second-order valence-electron chi connectivity index (χ2n) is 9.74. The Bertz CT molecular complexity index is 608. The van der Waals surface area contributed by atoms with Crippen LogP contribution in [0.4, 0.5) is 0 Å². The number of unbranched alkanes of at least 4 members (excludes halogenated alkanes) is 1. The number of hydrogen-bond acceptors (Lipinski definition) is 5. The highest BCUT2D eigenvalue weighted by atomic mass is 16.5. The summed E-state index contributed by atoms with van der Waals surface area (Å²) in [5.41, 5.74) is 1.23. The van der Waals surface area contributed by atoms with Gasteiger partial charge in [0, 0.05) is 18.1 Å². The molecule has 0 spiro atoms. The Morgan fingerprint density at radius 2 is 2.03 bits per heavy atom. The van der Waals surface area contributed by atoms with Gasteiger partial charge in [0.05, 0.1) is 25.4 Å². The molecule has 5 atom stereocenters. The molecule has 1 heterocycles. The van der Waals surface area contributed by atoms with Gasteiger partial charge in [0.25, 0.3) is 0 Å². The van der Waals surface area contributed by atoms with Gasteiger partial charge in [-0.2, -0.15) is 0 Å². The number of carbonyl (C=O) groups is 1. The molecule has 0 amide bonds. The van der Waals surface area contributed by atoms with Crippen LogP contribution in [0.2, 0.25) is 0 Å². The maximum absolute atomic E-state index is 11.2. The maximum Gasteiger partial charge on any atom is 0.305 e. The molecule has 0 aromatic rings. The van der Waals surface area contributed by atoms with Crippen LogP contribution in [0.1, 0.15) is 84.0 Å². The largest absolute Gasteiger partial charge is 0.469 e. The van der Waals surface area contributed by atoms with E-state index >= 15 is 0 Å². The van der Waals surface area contributed by atoms with Gasteiger partial charge in [0.15, 0.2) is 0 Å². The molecule has 5 nitrogen and oxygen atoms in total. The lowest BCUT2D eigenvalue weighted by molar-refractivity contribution is -0.140. The number of fused-ring (bicyclic) bond motifs is 1. The second kappa shape index (κ2) is 11.4. The summed E-state index contributed by atoms with van der Waals surface area (Å²) in [6.45, 7) is 2.25. The highest BCUT2D eigenvalue weighted by Crippen LogP contribution is 2.43. The molecule has 0 radical (unpaired) electrons. The van der Waals surface area contributed by atoms with Crippen molar-refractivity contribution in [2.45, 2.75) is 102 Å². The molecule has 1 unspecified atom stereocenters. The maximum atomic E-state index is 11.2. The van der Waals surface area contributed by atoms with Crippen molar-refractivity contribution in [3.8, 4) is 0 Å². The number of hydrogen-bond donors (Lipinski definition) is 2. The average Bonchev–Trinajstić information content (AvgIpc) is 3.26. The molecule has 0 aromatic carbocycles. The van der Waals surface area contributed by atoms with E-state index in [1.54, 1.807) is 0 Å². The van der Waals surface area contributed by atoms with E-state index in [-0.39, 0.29) is 30.1 Å². The molecule has 2 N–H and O–H groups in total. The van der Waals surface area contributed by atoms with Crippen molar-refractivity contribution < 1.29 is 19.7 Å². The van der Waals surface area contributed by atoms with Gasteiger partial charge in [-0.3, -0.25) is 9.79 Å². The van der Waals surface area contributed by atoms with E-state index in [1.807, 2.05) is 6.08 Å². The van der Waals surface area contributed by atoms with Crippen LogP contribution in [0.25, 0.3) is 0 Å². The van der Waals surface area contributed by atoms with Crippen molar-refractivity contribution in [2.75, 3.05) is 7.11 Å². The Morgan fingerprint density at radius 3 is 2.73 bits per heavy atom. The molecule has 170 valence electrons. The lowest BCUT2D eigenvalue weighted by Crippen LogP contribution is -2.25. The molecule has 3 aliphatic rings. The predicted molar refractivity (Wildman–Crippen MR) is 119 cm³/mol. The molecule has 1 aliphatic heterocycles. The van der Waals surface area contributed by atoms with E-state index in [1.165, 1.54) is 38.5 Å². The van der Waals surface area contributed by atoms with Crippen molar-refractivity contribution >= 4 is 11.7 Å². The fraction of sp³-hybridized carbons (Fsp3) is 0.840. The number of aliphatic hydroxyl groups excluding tert-OH is 2. The van der Waals surface area contributed by atoms with Gasteiger partial charge in [-0.05, 0) is 62.7 Å². The smallest absolute Gasteiger partial charge is 0.305 e. The number of rotatable bonds is 10. The van der Waals surface area contributed by atoms with E-state index in [2.05, 4.69) is 17.7 Å². The fourth-order valence-corrected chi connectivity index (χ4v) is 5.87. The number of ether oxygens (including phenoxy) is 1. The molecule has 30 heavy (non-hydrogen) atoms. The fourth-order valence-electron chi connectivity index (χ4n) is 5.87. The minimum atomic E-state index is -0.390. The van der Waals surface area contributed by atoms with E-state index in [9.17, 15) is 15.0 Å². The van der Waals surface area contributed by atoms with Crippen LogP contribution in [0, 0.1) is 23.7 Å². The van der Waals surface area contributed by atoms with E-state index in [0.717, 1.165) is 50.9 Å². The van der Waals surface area contributed by atoms with E-state index in [0.29, 0.717) is 18.3 Å². The summed E-state index contributed by atoms with van der Waals surface area (Å²) in [5.74, 6) is 1.53. The number of aliphatic imine (C=N–C) groups is 1. The number of methoxy groups -OCH3 is 1. The predicted octanol–water partition coefficient (Wildman–Crippen LogP) is 4.45. The van der Waals surface area contributed by atoms with Crippen molar-refractivity contribution in [3.05, 3.63) is 12.2 Å². The van der Waals surface area contributed by atoms with Gasteiger partial charge < -0.3 is 14.9 Å². The van der Waals surface area contributed by atoms with Gasteiger partial charge in [-0.1, -0.05) is 44.8 Å². The molecular weight excluding hydrogens is 378 g/mol. The highest BCUT2D eigenvalue weighted by molar-refractivity contribution is 5.86. The number of aliphatic hydroxyl groups is 2. The summed E-state index contributed by atoms with van der Waals surface area (Å²) in [7, 11) is 1.43. The molecule has 3 rings (SSSR count). The summed E-state index contributed by atoms with van der Waals surface area (Å²) >= 11 is 0. The monoisotopic (exact) mass is 419 g/mol. The lowest BCUT2D eigenvalue weighted by Gasteiger charge is -2.30. The number of esters is 1. The van der Waals surface area contributed by atoms with Gasteiger partial charge in [0.1, 0.15) is 0 Å². The molecule has 0 bridgehead atoms. The van der Waals surface area contributed by atoms with Crippen LogP contribution in [0.5, 0.6) is 0 Å². The van der Waals surface area contributed by atoms with Crippen molar-refractivity contribution in [1.29, 1.82) is 0 Å². The Kier molecular flexibility index (Phi) is 8.94. The third kappa shape index (κ3) is 6.16. The minimum absolute atomic E-state index is 0.0948. The van der Waals surface area contributed by atoms with E-state index in [4.69, 9.17) is 4.99 Å². The Morgan fingerprint density at radius 1 is 1.27 bits per heavy atom. The first-order valence-corrected chi connectivity index (χ1v) is 12.2. The molecule has 2 saturated carbocycles. The Balaban J connectivity index is 1.44. The van der Waals surface area contributed by atoms with Crippen molar-refractivity contribution in [2.24, 2.45) is 28.7 Å². The summed E-state index contributed by atoms with van der Waals surface area (Å²) in [6.07, 6.45) is 15.5. The second-order valence-corrected chi connectivity index (χ2v) is 9.74. The zero-order valence-electron chi connectivity index (χ0n) is 18.8. The zero-order chi connectivity index (χ0) is 21.5. The van der Waals surface area contributed by atoms with Crippen LogP contribution >= 0.6 is 0 Å². The third-order valence-electron chi connectivity index (χ3n) is 7.66. The van der Waals surface area contributed by atoms with Gasteiger partial charge >= 0.3 is 5.97 Å². The van der Waals surface area contributed by atoms with Gasteiger partial charge in [-0.15, -0.1) is 0 Å². The first kappa shape index (κ1) is 23.5. The lowest BCUT2D eigenvalue weighted by atomic mass is 9.77. The van der Waals surface area contributed by atoms with E-state index < -0.39 is 0 Å². The van der Waals surface area contributed by atoms with Crippen molar-refractivity contribution in [3.63, 3.8) is 0 Å². The Hall–Kier alpha value is -1.20. The topological polar surface area (TPSA) is 79.1 Å². The standard InChI is InChI=1S/C25H41NO4/c1-3-6-17-9-11-18(12-10-17)23(27)14-13-20-21-15-19(26-22(21)16-24(20)28)7-4-5-8-25(29)30-2/h13-14,17-18,20-24,27-28H,3-12,15-16H2,1-2H3/b14-13+/t17?,18?,20-,21-,22+,23-,24?/m1/s1. The SMILES string of the molecule is CCCC1CCC([C@H](O)/C=C/[C@H]2C(O)C[C@@H]3N=C(CCCCC(=O)OC)C[C@@H]32)CC1. The molecule has 5 heteroatoms. The molecule has 0 saturated heterocycles. The molecule has 2 fully saturated rings. The summed E-state index contributed by atoms with van der Waals surface area (Å²) in [5, 5.41) is 21.2. The minimum Gasteiger partial charge on any atom is -0.469 e. The molecular formula is C25H41NO4. The first-order chi connectivity index (χ1) is 14.5. The number of nitrogens with zero attached hydrogens (tertiary/aromatic N) is 1. The molecule has 0 aromatic heterocycles. The van der Waals surface area contributed by atoms with Crippen LogP contribution in [-0.4, -0.2) is 47.3 Å². The highest BCUT2D eigenvalue weighted by Gasteiger charge is 2.44. The summed E-state index contributed by atoms with van der Waals surface area (Å²) in [6, 6.07) is 0.215. The quantitative estimate of drug-likeness (QED) is 0.311. The van der Waals surface area contributed by atoms with Crippen LogP contribution in [-0.2, 0) is 9.53 Å². The zero-order valence-corrected chi connectivity index (χ0v) is 18.8. The third-order valence-corrected chi connectivity index (χ3v) is 7.66. The Labute approximate surface area is 182 Å². The summed E-state index contributed by atoms with van der Waals surface area (Å²) in [4.78, 5) is 16.1. The van der Waals surface area contributed by atoms with Crippen LogP contribution in [0.15, 0.2) is 17.1 Å². The summed E-state index contributed by atoms with van der Waals surface area (Å²) < 4.78 is 4.69. The van der Waals surface area contributed by atoms with Crippen molar-refractivity contribution in [1.82, 2.24) is 0 Å². The van der Waals surface area contributed by atoms with Gasteiger partial charge in [-0.25, -0.2) is 0 Å². The first-order valence-electron chi connectivity index (χ1n) is 12.2. The van der Waals surface area contributed by atoms with Gasteiger partial charge in [0.2, 0.25) is 0 Å². The molecule has 2 aliphatic carbocycles. The average molecular weight is 420 g/mol. The normalized spacial score (nSPS) is 34.7.